The van der Waals surface area contributed by atoms with Gasteiger partial charge in [-0.3, -0.25) is 0 Å². The van der Waals surface area contributed by atoms with Gasteiger partial charge in [0.25, 0.3) is 0 Å². The van der Waals surface area contributed by atoms with Gasteiger partial charge in [-0.05, 0) is 37.1 Å². The number of rotatable bonds is 2. The average molecular weight is 291 g/mol. The molecule has 2 heteroatoms. The zero-order chi connectivity index (χ0) is 12.5. The standard InChI is InChI=1S/C15H15BrO/c1-11-4-3-5-13(10-11)15(2,17)12-6-8-14(16)9-7-12/h3-10,17H,1-2H3. The van der Waals surface area contributed by atoms with Crippen molar-refractivity contribution in [2.75, 3.05) is 0 Å². The van der Waals surface area contributed by atoms with Crippen LogP contribution in [0.15, 0.2) is 53.0 Å². The second kappa shape index (κ2) is 4.63. The van der Waals surface area contributed by atoms with E-state index in [0.29, 0.717) is 0 Å². The van der Waals surface area contributed by atoms with Crippen LogP contribution in [0.25, 0.3) is 0 Å². The molecule has 2 rings (SSSR count). The molecule has 88 valence electrons. The summed E-state index contributed by atoms with van der Waals surface area (Å²) in [6.07, 6.45) is 0. The van der Waals surface area contributed by atoms with Crippen LogP contribution in [0.1, 0.15) is 23.6 Å². The molecule has 0 aromatic heterocycles. The second-order valence-electron chi connectivity index (χ2n) is 4.45. The molecule has 0 radical (unpaired) electrons. The Morgan fingerprint density at radius 2 is 1.65 bits per heavy atom. The van der Waals surface area contributed by atoms with E-state index in [4.69, 9.17) is 0 Å². The Morgan fingerprint density at radius 1 is 1.00 bits per heavy atom. The maximum Gasteiger partial charge on any atom is 0.112 e. The summed E-state index contributed by atoms with van der Waals surface area (Å²) in [6, 6.07) is 15.7. The highest BCUT2D eigenvalue weighted by Gasteiger charge is 2.25. The second-order valence-corrected chi connectivity index (χ2v) is 5.36. The summed E-state index contributed by atoms with van der Waals surface area (Å²) in [5.41, 5.74) is 2.01. The highest BCUT2D eigenvalue weighted by Crippen LogP contribution is 2.30. The van der Waals surface area contributed by atoms with Crippen molar-refractivity contribution in [1.82, 2.24) is 0 Å². The van der Waals surface area contributed by atoms with Gasteiger partial charge in [-0.1, -0.05) is 57.9 Å². The first kappa shape index (κ1) is 12.3. The molecular weight excluding hydrogens is 276 g/mol. The fourth-order valence-corrected chi connectivity index (χ4v) is 2.15. The summed E-state index contributed by atoms with van der Waals surface area (Å²) >= 11 is 3.40. The van der Waals surface area contributed by atoms with E-state index < -0.39 is 5.60 Å². The molecule has 1 N–H and O–H groups in total. The van der Waals surface area contributed by atoms with Gasteiger partial charge in [0.2, 0.25) is 0 Å². The Morgan fingerprint density at radius 3 is 2.24 bits per heavy atom. The molecule has 0 saturated carbocycles. The highest BCUT2D eigenvalue weighted by molar-refractivity contribution is 9.10. The predicted molar refractivity (Wildman–Crippen MR) is 74.0 cm³/mol. The van der Waals surface area contributed by atoms with Crippen LogP contribution in [0, 0.1) is 6.92 Å². The quantitative estimate of drug-likeness (QED) is 0.886. The number of hydrogen-bond acceptors (Lipinski definition) is 1. The highest BCUT2D eigenvalue weighted by atomic mass is 79.9. The van der Waals surface area contributed by atoms with Crippen molar-refractivity contribution in [3.63, 3.8) is 0 Å². The van der Waals surface area contributed by atoms with E-state index in [-0.39, 0.29) is 0 Å². The normalized spacial score (nSPS) is 14.4. The van der Waals surface area contributed by atoms with E-state index in [1.54, 1.807) is 0 Å². The Kier molecular flexibility index (Phi) is 3.36. The van der Waals surface area contributed by atoms with Crippen LogP contribution in [0.3, 0.4) is 0 Å². The van der Waals surface area contributed by atoms with Crippen molar-refractivity contribution in [1.29, 1.82) is 0 Å². The molecule has 0 aliphatic rings. The van der Waals surface area contributed by atoms with Crippen LogP contribution < -0.4 is 0 Å². The van der Waals surface area contributed by atoms with Gasteiger partial charge in [0.05, 0.1) is 0 Å². The monoisotopic (exact) mass is 290 g/mol. The lowest BCUT2D eigenvalue weighted by atomic mass is 9.87. The molecule has 17 heavy (non-hydrogen) atoms. The Bertz CT molecular complexity index is 515. The zero-order valence-corrected chi connectivity index (χ0v) is 11.5. The van der Waals surface area contributed by atoms with Gasteiger partial charge in [0.15, 0.2) is 0 Å². The van der Waals surface area contributed by atoms with Crippen LogP contribution >= 0.6 is 15.9 Å². The van der Waals surface area contributed by atoms with E-state index in [1.807, 2.05) is 62.4 Å². The zero-order valence-electron chi connectivity index (χ0n) is 9.94. The summed E-state index contributed by atoms with van der Waals surface area (Å²) in [6.45, 7) is 3.85. The van der Waals surface area contributed by atoms with Crippen molar-refractivity contribution in [3.8, 4) is 0 Å². The van der Waals surface area contributed by atoms with E-state index in [2.05, 4.69) is 15.9 Å². The van der Waals surface area contributed by atoms with Crippen LogP contribution in [-0.4, -0.2) is 5.11 Å². The summed E-state index contributed by atoms with van der Waals surface area (Å²) in [7, 11) is 0. The summed E-state index contributed by atoms with van der Waals surface area (Å²) in [5, 5.41) is 10.7. The fourth-order valence-electron chi connectivity index (χ4n) is 1.89. The molecule has 0 saturated heterocycles. The lowest BCUT2D eigenvalue weighted by Gasteiger charge is -2.25. The number of aryl methyl sites for hydroxylation is 1. The lowest BCUT2D eigenvalue weighted by molar-refractivity contribution is 0.102. The van der Waals surface area contributed by atoms with Crippen molar-refractivity contribution in [3.05, 3.63) is 69.7 Å². The third kappa shape index (κ3) is 2.59. The molecule has 2 aromatic rings. The molecular formula is C15H15BrO. The third-order valence-corrected chi connectivity index (χ3v) is 3.52. The minimum absolute atomic E-state index is 0.895. The van der Waals surface area contributed by atoms with E-state index >= 15 is 0 Å². The first-order valence-corrected chi connectivity index (χ1v) is 6.35. The van der Waals surface area contributed by atoms with Crippen LogP contribution in [0.4, 0.5) is 0 Å². The summed E-state index contributed by atoms with van der Waals surface area (Å²) < 4.78 is 1.02. The van der Waals surface area contributed by atoms with Gasteiger partial charge >= 0.3 is 0 Å². The topological polar surface area (TPSA) is 20.2 Å². The molecule has 0 spiro atoms. The summed E-state index contributed by atoms with van der Waals surface area (Å²) in [4.78, 5) is 0. The molecule has 1 unspecified atom stereocenters. The fraction of sp³-hybridized carbons (Fsp3) is 0.200. The van der Waals surface area contributed by atoms with Crippen LogP contribution in [-0.2, 0) is 5.60 Å². The molecule has 1 atom stereocenters. The minimum Gasteiger partial charge on any atom is -0.381 e. The Balaban J connectivity index is 2.45. The van der Waals surface area contributed by atoms with E-state index in [1.165, 1.54) is 0 Å². The van der Waals surface area contributed by atoms with Gasteiger partial charge < -0.3 is 5.11 Å². The SMILES string of the molecule is Cc1cccc(C(C)(O)c2ccc(Br)cc2)c1. The van der Waals surface area contributed by atoms with Gasteiger partial charge in [-0.2, -0.15) is 0 Å². The lowest BCUT2D eigenvalue weighted by Crippen LogP contribution is -2.22. The molecule has 0 heterocycles. The molecule has 1 nitrogen and oxygen atoms in total. The minimum atomic E-state index is -0.952. The van der Waals surface area contributed by atoms with Crippen LogP contribution in [0.5, 0.6) is 0 Å². The Hall–Kier alpha value is -1.12. The van der Waals surface area contributed by atoms with Crippen molar-refractivity contribution >= 4 is 15.9 Å². The number of aliphatic hydroxyl groups is 1. The maximum atomic E-state index is 10.7. The molecule has 2 aromatic carbocycles. The molecule has 0 amide bonds. The summed E-state index contributed by atoms with van der Waals surface area (Å²) in [5.74, 6) is 0. The number of halogens is 1. The predicted octanol–water partition coefficient (Wildman–Crippen LogP) is 4.01. The van der Waals surface area contributed by atoms with Gasteiger partial charge in [-0.25, -0.2) is 0 Å². The smallest absolute Gasteiger partial charge is 0.112 e. The Labute approximate surface area is 110 Å². The van der Waals surface area contributed by atoms with Gasteiger partial charge in [0.1, 0.15) is 5.60 Å². The van der Waals surface area contributed by atoms with Crippen LogP contribution in [0.2, 0.25) is 0 Å². The van der Waals surface area contributed by atoms with Gasteiger partial charge in [-0.15, -0.1) is 0 Å². The first-order chi connectivity index (χ1) is 8.00. The molecule has 0 aliphatic heterocycles. The molecule has 0 bridgehead atoms. The number of benzene rings is 2. The number of hydrogen-bond donors (Lipinski definition) is 1. The molecule has 0 fully saturated rings. The van der Waals surface area contributed by atoms with E-state index in [0.717, 1.165) is 21.2 Å². The van der Waals surface area contributed by atoms with Crippen molar-refractivity contribution < 1.29 is 5.11 Å². The van der Waals surface area contributed by atoms with Gasteiger partial charge in [0, 0.05) is 4.47 Å². The largest absolute Gasteiger partial charge is 0.381 e. The van der Waals surface area contributed by atoms with Crippen molar-refractivity contribution in [2.45, 2.75) is 19.4 Å². The van der Waals surface area contributed by atoms with Crippen molar-refractivity contribution in [2.24, 2.45) is 0 Å². The van der Waals surface area contributed by atoms with E-state index in [9.17, 15) is 5.11 Å². The average Bonchev–Trinajstić information content (AvgIpc) is 2.29. The first-order valence-electron chi connectivity index (χ1n) is 5.56. The maximum absolute atomic E-state index is 10.7. The third-order valence-electron chi connectivity index (χ3n) is 2.99. The molecule has 0 aliphatic carbocycles.